The summed E-state index contributed by atoms with van der Waals surface area (Å²) in [7, 11) is 2.13. The number of likely N-dealkylation sites (N-methyl/N-ethyl adjacent to an activating group) is 1. The zero-order chi connectivity index (χ0) is 8.69. The second-order valence-electron chi connectivity index (χ2n) is 3.63. The monoisotopic (exact) mass is 158 g/mol. The number of hydrogen-bond acceptors (Lipinski definition) is 2. The first-order chi connectivity index (χ1) is 5.16. The Morgan fingerprint density at radius 2 is 1.91 bits per heavy atom. The lowest BCUT2D eigenvalue weighted by atomic mass is 10.1. The predicted octanol–water partition coefficient (Wildman–Crippen LogP) is 1.31. The molecule has 0 radical (unpaired) electrons. The Morgan fingerprint density at radius 1 is 1.27 bits per heavy atom. The molecule has 2 N–H and O–H groups in total. The minimum absolute atomic E-state index is 0.776. The van der Waals surface area contributed by atoms with Crippen LogP contribution in [0.3, 0.4) is 0 Å². The van der Waals surface area contributed by atoms with Gasteiger partial charge in [0.15, 0.2) is 0 Å². The third-order valence-corrected chi connectivity index (χ3v) is 1.83. The third kappa shape index (κ3) is 7.82. The maximum atomic E-state index is 5.42. The minimum atomic E-state index is 0.776. The first-order valence-corrected chi connectivity index (χ1v) is 4.55. The minimum Gasteiger partial charge on any atom is -0.329 e. The van der Waals surface area contributed by atoms with E-state index < -0.39 is 0 Å². The molecule has 0 aromatic rings. The van der Waals surface area contributed by atoms with Gasteiger partial charge in [0, 0.05) is 13.1 Å². The van der Waals surface area contributed by atoms with Crippen LogP contribution < -0.4 is 5.73 Å². The lowest BCUT2D eigenvalue weighted by Crippen LogP contribution is -2.26. The van der Waals surface area contributed by atoms with Crippen molar-refractivity contribution in [2.75, 3.05) is 26.7 Å². The van der Waals surface area contributed by atoms with E-state index in [-0.39, 0.29) is 0 Å². The number of rotatable bonds is 6. The van der Waals surface area contributed by atoms with Crippen LogP contribution in [-0.4, -0.2) is 31.6 Å². The van der Waals surface area contributed by atoms with E-state index in [0.29, 0.717) is 0 Å². The molecule has 0 aliphatic rings. The van der Waals surface area contributed by atoms with Gasteiger partial charge in [0.25, 0.3) is 0 Å². The summed E-state index contributed by atoms with van der Waals surface area (Å²) in [6, 6.07) is 0. The first-order valence-electron chi connectivity index (χ1n) is 4.55. The van der Waals surface area contributed by atoms with Crippen molar-refractivity contribution in [2.45, 2.75) is 26.7 Å². The van der Waals surface area contributed by atoms with Crippen molar-refractivity contribution in [1.29, 1.82) is 0 Å². The molecule has 11 heavy (non-hydrogen) atoms. The van der Waals surface area contributed by atoms with Gasteiger partial charge in [-0.3, -0.25) is 0 Å². The maximum absolute atomic E-state index is 5.42. The van der Waals surface area contributed by atoms with Crippen LogP contribution in [0.2, 0.25) is 0 Å². The van der Waals surface area contributed by atoms with Crippen LogP contribution in [0.5, 0.6) is 0 Å². The van der Waals surface area contributed by atoms with Crippen LogP contribution in [-0.2, 0) is 0 Å². The fourth-order valence-electron chi connectivity index (χ4n) is 1.10. The van der Waals surface area contributed by atoms with E-state index in [0.717, 1.165) is 19.0 Å². The Kier molecular flexibility index (Phi) is 6.57. The Labute approximate surface area is 70.8 Å². The van der Waals surface area contributed by atoms with Gasteiger partial charge in [-0.1, -0.05) is 13.8 Å². The van der Waals surface area contributed by atoms with Crippen LogP contribution in [0.1, 0.15) is 26.7 Å². The Bertz CT molecular complexity index is 81.6. The Balaban J connectivity index is 3.10. The zero-order valence-corrected chi connectivity index (χ0v) is 8.14. The van der Waals surface area contributed by atoms with Crippen LogP contribution in [0.15, 0.2) is 0 Å². The molecule has 0 aliphatic heterocycles. The highest BCUT2D eigenvalue weighted by atomic mass is 15.1. The van der Waals surface area contributed by atoms with Crippen molar-refractivity contribution in [3.05, 3.63) is 0 Å². The maximum Gasteiger partial charge on any atom is 0.0102 e. The molecule has 0 aromatic heterocycles. The largest absolute Gasteiger partial charge is 0.329 e. The smallest absolute Gasteiger partial charge is 0.0102 e. The lowest BCUT2D eigenvalue weighted by molar-refractivity contribution is 0.325. The van der Waals surface area contributed by atoms with Crippen molar-refractivity contribution in [3.63, 3.8) is 0 Å². The zero-order valence-electron chi connectivity index (χ0n) is 8.14. The summed E-state index contributed by atoms with van der Waals surface area (Å²) < 4.78 is 0. The highest BCUT2D eigenvalue weighted by molar-refractivity contribution is 4.53. The average Bonchev–Trinajstić information content (AvgIpc) is 1.87. The molecule has 0 rings (SSSR count). The molecule has 0 amide bonds. The van der Waals surface area contributed by atoms with Crippen molar-refractivity contribution in [2.24, 2.45) is 11.7 Å². The molecule has 0 heterocycles. The summed E-state index contributed by atoms with van der Waals surface area (Å²) in [5.74, 6) is 0.835. The quantitative estimate of drug-likeness (QED) is 0.631. The first kappa shape index (κ1) is 10.9. The summed E-state index contributed by atoms with van der Waals surface area (Å²) in [5, 5.41) is 0. The molecule has 0 fully saturated rings. The van der Waals surface area contributed by atoms with Gasteiger partial charge in [0.05, 0.1) is 0 Å². The molecule has 68 valence electrons. The van der Waals surface area contributed by atoms with Crippen LogP contribution in [0.25, 0.3) is 0 Å². The number of nitrogens with zero attached hydrogens (tertiary/aromatic N) is 1. The molecule has 0 aromatic carbocycles. The van der Waals surface area contributed by atoms with Crippen molar-refractivity contribution in [1.82, 2.24) is 4.90 Å². The van der Waals surface area contributed by atoms with Crippen LogP contribution >= 0.6 is 0 Å². The van der Waals surface area contributed by atoms with Gasteiger partial charge < -0.3 is 10.6 Å². The van der Waals surface area contributed by atoms with Crippen molar-refractivity contribution >= 4 is 0 Å². The van der Waals surface area contributed by atoms with Crippen molar-refractivity contribution in [3.8, 4) is 0 Å². The summed E-state index contributed by atoms with van der Waals surface area (Å²) in [5.41, 5.74) is 5.42. The van der Waals surface area contributed by atoms with E-state index >= 15 is 0 Å². The molecule has 2 heteroatoms. The van der Waals surface area contributed by atoms with Gasteiger partial charge >= 0.3 is 0 Å². The van der Waals surface area contributed by atoms with Gasteiger partial charge in [0.1, 0.15) is 0 Å². The van der Waals surface area contributed by atoms with E-state index in [2.05, 4.69) is 25.8 Å². The number of hydrogen-bond donors (Lipinski definition) is 1. The van der Waals surface area contributed by atoms with Crippen molar-refractivity contribution < 1.29 is 0 Å². The topological polar surface area (TPSA) is 29.3 Å². The SMILES string of the molecule is CC(C)CCCN(C)CCN. The highest BCUT2D eigenvalue weighted by Crippen LogP contribution is 2.03. The highest BCUT2D eigenvalue weighted by Gasteiger charge is 1.97. The molecule has 0 saturated heterocycles. The third-order valence-electron chi connectivity index (χ3n) is 1.83. The summed E-state index contributed by atoms with van der Waals surface area (Å²) in [4.78, 5) is 2.29. The van der Waals surface area contributed by atoms with Gasteiger partial charge in [-0.2, -0.15) is 0 Å². The molecular formula is C9H22N2. The van der Waals surface area contributed by atoms with Crippen LogP contribution in [0.4, 0.5) is 0 Å². The fourth-order valence-corrected chi connectivity index (χ4v) is 1.10. The second kappa shape index (κ2) is 6.62. The Morgan fingerprint density at radius 3 is 2.36 bits per heavy atom. The molecular weight excluding hydrogens is 136 g/mol. The van der Waals surface area contributed by atoms with Gasteiger partial charge in [-0.05, 0) is 32.4 Å². The summed E-state index contributed by atoms with van der Waals surface area (Å²) in [6.45, 7) is 7.53. The normalized spacial score (nSPS) is 11.5. The molecule has 0 aliphatic carbocycles. The Hall–Kier alpha value is -0.0800. The lowest BCUT2D eigenvalue weighted by Gasteiger charge is -2.15. The molecule has 0 unspecified atom stereocenters. The number of nitrogens with two attached hydrogens (primary N) is 1. The summed E-state index contributed by atoms with van der Waals surface area (Å²) in [6.07, 6.45) is 2.63. The predicted molar refractivity (Wildman–Crippen MR) is 50.6 cm³/mol. The molecule has 0 atom stereocenters. The molecule has 0 saturated carbocycles. The average molecular weight is 158 g/mol. The van der Waals surface area contributed by atoms with E-state index in [4.69, 9.17) is 5.73 Å². The van der Waals surface area contributed by atoms with E-state index in [1.165, 1.54) is 19.4 Å². The molecule has 2 nitrogen and oxygen atoms in total. The van der Waals surface area contributed by atoms with Gasteiger partial charge in [-0.15, -0.1) is 0 Å². The summed E-state index contributed by atoms with van der Waals surface area (Å²) >= 11 is 0. The van der Waals surface area contributed by atoms with Crippen LogP contribution in [0, 0.1) is 5.92 Å². The van der Waals surface area contributed by atoms with Gasteiger partial charge in [-0.25, -0.2) is 0 Å². The fraction of sp³-hybridized carbons (Fsp3) is 1.00. The van der Waals surface area contributed by atoms with Gasteiger partial charge in [0.2, 0.25) is 0 Å². The molecule has 0 bridgehead atoms. The second-order valence-corrected chi connectivity index (χ2v) is 3.63. The van der Waals surface area contributed by atoms with E-state index in [9.17, 15) is 0 Å². The van der Waals surface area contributed by atoms with E-state index in [1.807, 2.05) is 0 Å². The molecule has 0 spiro atoms. The standard InChI is InChI=1S/C9H22N2/c1-9(2)5-4-7-11(3)8-6-10/h9H,4-8,10H2,1-3H3. The van der Waals surface area contributed by atoms with E-state index in [1.54, 1.807) is 0 Å².